The number of nitrogens with zero attached hydrogens (tertiary/aromatic N) is 2. The van der Waals surface area contributed by atoms with Crippen LogP contribution in [-0.4, -0.2) is 41.2 Å². The molecular weight excluding hydrogens is 318 g/mol. The number of aryl methyl sites for hydroxylation is 1. The Hall–Kier alpha value is -2.31. The predicted octanol–water partition coefficient (Wildman–Crippen LogP) is 1.90. The minimum Gasteiger partial charge on any atom is -0.379 e. The molecule has 0 aliphatic carbocycles. The molecule has 1 saturated heterocycles. The monoisotopic (exact) mass is 341 g/mol. The Morgan fingerprint density at radius 1 is 1.16 bits per heavy atom. The first-order chi connectivity index (χ1) is 12.3. The lowest BCUT2D eigenvalue weighted by Gasteiger charge is -2.32. The molecule has 6 nitrogen and oxygen atoms in total. The van der Waals surface area contributed by atoms with Crippen LogP contribution in [0.15, 0.2) is 48.8 Å². The first kappa shape index (κ1) is 17.5. The summed E-state index contributed by atoms with van der Waals surface area (Å²) in [5.41, 5.74) is 1.79. The lowest BCUT2D eigenvalue weighted by Crippen LogP contribution is -2.50. The fourth-order valence-corrected chi connectivity index (χ4v) is 2.78. The van der Waals surface area contributed by atoms with Crippen molar-refractivity contribution in [3.05, 3.63) is 60.2 Å². The van der Waals surface area contributed by atoms with Crippen molar-refractivity contribution in [2.75, 3.05) is 13.2 Å². The fraction of sp³-hybridized carbons (Fsp3) is 0.421. The van der Waals surface area contributed by atoms with Gasteiger partial charge in [-0.2, -0.15) is 0 Å². The molecule has 3 rings (SSSR count). The number of carbonyl (C=O) groups excluding carboxylic acids is 1. The van der Waals surface area contributed by atoms with E-state index in [-0.39, 0.29) is 18.1 Å². The average Bonchev–Trinajstić information content (AvgIpc) is 2.67. The number of hydrogen-bond acceptors (Lipinski definition) is 5. The second-order valence-electron chi connectivity index (χ2n) is 6.03. The van der Waals surface area contributed by atoms with E-state index in [1.54, 1.807) is 12.4 Å². The summed E-state index contributed by atoms with van der Waals surface area (Å²) in [6.07, 6.45) is 5.13. The SMILES string of the molecule is O=C(CCc1ccccn1)N[C@@H]1CCOC[C@H]1OCc1ccccn1. The third-order valence-corrected chi connectivity index (χ3v) is 4.16. The van der Waals surface area contributed by atoms with Crippen LogP contribution in [0.4, 0.5) is 0 Å². The third kappa shape index (κ3) is 5.62. The minimum atomic E-state index is -0.158. The van der Waals surface area contributed by atoms with Gasteiger partial charge in [-0.15, -0.1) is 0 Å². The van der Waals surface area contributed by atoms with E-state index in [4.69, 9.17) is 9.47 Å². The summed E-state index contributed by atoms with van der Waals surface area (Å²) in [4.78, 5) is 20.8. The molecule has 1 aliphatic rings. The number of nitrogens with one attached hydrogen (secondary N) is 1. The Labute approximate surface area is 147 Å². The van der Waals surface area contributed by atoms with E-state index in [0.717, 1.165) is 17.8 Å². The predicted molar refractivity (Wildman–Crippen MR) is 92.7 cm³/mol. The quantitative estimate of drug-likeness (QED) is 0.833. The van der Waals surface area contributed by atoms with Crippen LogP contribution in [-0.2, 0) is 27.3 Å². The van der Waals surface area contributed by atoms with Crippen molar-refractivity contribution in [1.82, 2.24) is 15.3 Å². The summed E-state index contributed by atoms with van der Waals surface area (Å²) in [5, 5.41) is 3.08. The second kappa shape index (κ2) is 9.25. The van der Waals surface area contributed by atoms with Gasteiger partial charge in [0.2, 0.25) is 5.91 Å². The molecule has 0 bridgehead atoms. The van der Waals surface area contributed by atoms with Crippen LogP contribution >= 0.6 is 0 Å². The molecule has 2 atom stereocenters. The second-order valence-corrected chi connectivity index (χ2v) is 6.03. The first-order valence-electron chi connectivity index (χ1n) is 8.60. The Balaban J connectivity index is 1.47. The summed E-state index contributed by atoms with van der Waals surface area (Å²) >= 11 is 0. The van der Waals surface area contributed by atoms with Gasteiger partial charge in [0.1, 0.15) is 6.10 Å². The largest absolute Gasteiger partial charge is 0.379 e. The molecule has 3 heterocycles. The molecule has 1 amide bonds. The first-order valence-corrected chi connectivity index (χ1v) is 8.60. The van der Waals surface area contributed by atoms with E-state index >= 15 is 0 Å². The van der Waals surface area contributed by atoms with Crippen molar-refractivity contribution < 1.29 is 14.3 Å². The highest BCUT2D eigenvalue weighted by Gasteiger charge is 2.28. The number of hydrogen-bond donors (Lipinski definition) is 1. The van der Waals surface area contributed by atoms with Gasteiger partial charge in [0, 0.05) is 31.1 Å². The van der Waals surface area contributed by atoms with Gasteiger partial charge >= 0.3 is 0 Å². The van der Waals surface area contributed by atoms with Crippen molar-refractivity contribution >= 4 is 5.91 Å². The van der Waals surface area contributed by atoms with Crippen LogP contribution in [0.5, 0.6) is 0 Å². The topological polar surface area (TPSA) is 73.3 Å². The van der Waals surface area contributed by atoms with Crippen LogP contribution in [0.2, 0.25) is 0 Å². The highest BCUT2D eigenvalue weighted by atomic mass is 16.5. The van der Waals surface area contributed by atoms with Gasteiger partial charge in [0.05, 0.1) is 24.9 Å². The Morgan fingerprint density at radius 2 is 1.92 bits per heavy atom. The van der Waals surface area contributed by atoms with E-state index in [2.05, 4.69) is 15.3 Å². The highest BCUT2D eigenvalue weighted by Crippen LogP contribution is 2.14. The standard InChI is InChI=1S/C19H23N3O3/c23-19(8-7-15-5-1-3-10-20-15)22-17-9-12-24-14-18(17)25-13-16-6-2-4-11-21-16/h1-6,10-11,17-18H,7-9,12-14H2,(H,22,23)/t17-,18-/m1/s1. The van der Waals surface area contributed by atoms with Crippen molar-refractivity contribution in [2.24, 2.45) is 0 Å². The summed E-state index contributed by atoms with van der Waals surface area (Å²) in [7, 11) is 0. The summed E-state index contributed by atoms with van der Waals surface area (Å²) in [6.45, 7) is 1.53. The molecule has 1 N–H and O–H groups in total. The number of aromatic nitrogens is 2. The van der Waals surface area contributed by atoms with Crippen LogP contribution in [0.25, 0.3) is 0 Å². The van der Waals surface area contributed by atoms with E-state index in [9.17, 15) is 4.79 Å². The molecule has 1 fully saturated rings. The maximum absolute atomic E-state index is 12.3. The average molecular weight is 341 g/mol. The molecule has 0 saturated carbocycles. The Bertz CT molecular complexity index is 651. The van der Waals surface area contributed by atoms with Crippen LogP contribution in [0.1, 0.15) is 24.2 Å². The number of ether oxygens (including phenoxy) is 2. The van der Waals surface area contributed by atoms with Gasteiger partial charge in [-0.25, -0.2) is 0 Å². The van der Waals surface area contributed by atoms with E-state index in [1.165, 1.54) is 0 Å². The van der Waals surface area contributed by atoms with E-state index < -0.39 is 0 Å². The number of carbonyl (C=O) groups is 1. The van der Waals surface area contributed by atoms with Gasteiger partial charge in [0.15, 0.2) is 0 Å². The number of pyridine rings is 2. The maximum atomic E-state index is 12.3. The van der Waals surface area contributed by atoms with Crippen molar-refractivity contribution in [2.45, 2.75) is 38.0 Å². The van der Waals surface area contributed by atoms with Crippen molar-refractivity contribution in [3.8, 4) is 0 Å². The molecule has 6 heteroatoms. The molecule has 0 unspecified atom stereocenters. The van der Waals surface area contributed by atoms with Gasteiger partial charge in [-0.1, -0.05) is 12.1 Å². The molecule has 0 radical (unpaired) electrons. The minimum absolute atomic E-state index is 0.0176. The molecule has 2 aromatic rings. The van der Waals surface area contributed by atoms with Gasteiger partial charge in [-0.05, 0) is 37.1 Å². The Morgan fingerprint density at radius 3 is 2.64 bits per heavy atom. The molecule has 0 aromatic carbocycles. The van der Waals surface area contributed by atoms with E-state index in [0.29, 0.717) is 32.7 Å². The van der Waals surface area contributed by atoms with Crippen LogP contribution in [0, 0.1) is 0 Å². The zero-order valence-electron chi connectivity index (χ0n) is 14.1. The van der Waals surface area contributed by atoms with Crippen LogP contribution < -0.4 is 5.32 Å². The lowest BCUT2D eigenvalue weighted by atomic mass is 10.1. The number of amides is 1. The normalized spacial score (nSPS) is 20.2. The molecule has 132 valence electrons. The van der Waals surface area contributed by atoms with Crippen molar-refractivity contribution in [1.29, 1.82) is 0 Å². The number of rotatable bonds is 7. The van der Waals surface area contributed by atoms with Crippen molar-refractivity contribution in [3.63, 3.8) is 0 Å². The zero-order valence-corrected chi connectivity index (χ0v) is 14.1. The van der Waals surface area contributed by atoms with Gasteiger partial charge in [0.25, 0.3) is 0 Å². The van der Waals surface area contributed by atoms with Gasteiger partial charge < -0.3 is 14.8 Å². The maximum Gasteiger partial charge on any atom is 0.220 e. The molecule has 25 heavy (non-hydrogen) atoms. The zero-order chi connectivity index (χ0) is 17.3. The van der Waals surface area contributed by atoms with Crippen LogP contribution in [0.3, 0.4) is 0 Å². The fourth-order valence-electron chi connectivity index (χ4n) is 2.78. The smallest absolute Gasteiger partial charge is 0.220 e. The Kier molecular flexibility index (Phi) is 6.48. The molecular formula is C19H23N3O3. The lowest BCUT2D eigenvalue weighted by molar-refractivity contribution is -0.126. The van der Waals surface area contributed by atoms with E-state index in [1.807, 2.05) is 36.4 Å². The molecule has 2 aromatic heterocycles. The summed E-state index contributed by atoms with van der Waals surface area (Å²) < 4.78 is 11.4. The third-order valence-electron chi connectivity index (χ3n) is 4.16. The highest BCUT2D eigenvalue weighted by molar-refractivity contribution is 5.76. The summed E-state index contributed by atoms with van der Waals surface area (Å²) in [5.74, 6) is 0.0176. The molecule has 1 aliphatic heterocycles. The molecule has 0 spiro atoms. The van der Waals surface area contributed by atoms with Gasteiger partial charge in [-0.3, -0.25) is 14.8 Å². The summed E-state index contributed by atoms with van der Waals surface area (Å²) in [6, 6.07) is 11.4.